The first-order valence-electron chi connectivity index (χ1n) is 7.11. The van der Waals surface area contributed by atoms with Crippen LogP contribution in [0.1, 0.15) is 24.8 Å². The number of carbonyl (C=O) groups excluding carboxylic acids is 1. The van der Waals surface area contributed by atoms with Crippen molar-refractivity contribution in [2.24, 2.45) is 5.92 Å². The average Bonchev–Trinajstić information content (AvgIpc) is 2.70. The molecule has 0 bridgehead atoms. The van der Waals surface area contributed by atoms with E-state index in [1.54, 1.807) is 0 Å². The first kappa shape index (κ1) is 12.4. The maximum Gasteiger partial charge on any atom is 0.230 e. The number of amides is 1. The number of hydrogen-bond acceptors (Lipinski definition) is 2. The Morgan fingerprint density at radius 1 is 1.26 bits per heavy atom. The summed E-state index contributed by atoms with van der Waals surface area (Å²) >= 11 is 0. The van der Waals surface area contributed by atoms with Crippen LogP contribution >= 0.6 is 0 Å². The molecular formula is C16H20N2O. The maximum atomic E-state index is 12.7. The number of anilines is 1. The Labute approximate surface area is 114 Å². The molecule has 1 unspecified atom stereocenters. The lowest BCUT2D eigenvalue weighted by Crippen LogP contribution is -2.39. The van der Waals surface area contributed by atoms with Crippen LogP contribution in [-0.4, -0.2) is 19.0 Å². The van der Waals surface area contributed by atoms with Crippen molar-refractivity contribution in [2.45, 2.75) is 25.8 Å². The van der Waals surface area contributed by atoms with E-state index in [9.17, 15) is 4.79 Å². The Kier molecular flexibility index (Phi) is 3.65. The number of carbonyl (C=O) groups is 1. The van der Waals surface area contributed by atoms with E-state index >= 15 is 0 Å². The van der Waals surface area contributed by atoms with Gasteiger partial charge in [-0.05, 0) is 30.9 Å². The number of fused-ring (bicyclic) bond motifs is 1. The van der Waals surface area contributed by atoms with Crippen LogP contribution in [0.2, 0.25) is 0 Å². The summed E-state index contributed by atoms with van der Waals surface area (Å²) in [4.78, 5) is 14.7. The molecule has 1 aromatic rings. The Balaban J connectivity index is 1.87. The zero-order valence-corrected chi connectivity index (χ0v) is 11.1. The summed E-state index contributed by atoms with van der Waals surface area (Å²) < 4.78 is 0. The lowest BCUT2D eigenvalue weighted by atomic mass is 9.92. The van der Waals surface area contributed by atoms with Gasteiger partial charge in [0.1, 0.15) is 0 Å². The molecule has 0 saturated heterocycles. The molecule has 1 aromatic carbocycles. The van der Waals surface area contributed by atoms with E-state index in [0.29, 0.717) is 5.91 Å². The molecule has 1 heterocycles. The summed E-state index contributed by atoms with van der Waals surface area (Å²) in [6.45, 7) is 2.49. The van der Waals surface area contributed by atoms with Gasteiger partial charge in [0.05, 0.1) is 0 Å². The quantitative estimate of drug-likeness (QED) is 0.783. The van der Waals surface area contributed by atoms with Gasteiger partial charge in [-0.1, -0.05) is 30.4 Å². The van der Waals surface area contributed by atoms with Gasteiger partial charge in [-0.2, -0.15) is 0 Å². The third-order valence-corrected chi connectivity index (χ3v) is 3.99. The molecular weight excluding hydrogens is 236 g/mol. The normalized spacial score (nSPS) is 22.7. The van der Waals surface area contributed by atoms with Gasteiger partial charge in [-0.15, -0.1) is 0 Å². The van der Waals surface area contributed by atoms with E-state index in [0.717, 1.165) is 44.6 Å². The van der Waals surface area contributed by atoms with Crippen LogP contribution in [0.15, 0.2) is 36.4 Å². The number of rotatable bonds is 1. The molecule has 3 nitrogen and oxygen atoms in total. The van der Waals surface area contributed by atoms with Crippen molar-refractivity contribution in [3.8, 4) is 0 Å². The number of allylic oxidation sites excluding steroid dienone is 2. The lowest BCUT2D eigenvalue weighted by Gasteiger charge is -2.28. The number of hydrogen-bond donors (Lipinski definition) is 1. The van der Waals surface area contributed by atoms with Crippen molar-refractivity contribution in [3.05, 3.63) is 42.0 Å². The highest BCUT2D eigenvalue weighted by Gasteiger charge is 2.27. The predicted molar refractivity (Wildman–Crippen MR) is 77.0 cm³/mol. The molecule has 0 radical (unpaired) electrons. The van der Waals surface area contributed by atoms with Crippen molar-refractivity contribution in [2.75, 3.05) is 18.0 Å². The van der Waals surface area contributed by atoms with Gasteiger partial charge in [0.25, 0.3) is 0 Å². The van der Waals surface area contributed by atoms with Crippen LogP contribution in [0.5, 0.6) is 0 Å². The Hall–Kier alpha value is -1.61. The number of nitrogens with one attached hydrogen (secondary N) is 1. The van der Waals surface area contributed by atoms with Gasteiger partial charge in [0.15, 0.2) is 0 Å². The summed E-state index contributed by atoms with van der Waals surface area (Å²) in [6, 6.07) is 8.23. The van der Waals surface area contributed by atoms with Crippen molar-refractivity contribution in [1.29, 1.82) is 0 Å². The molecule has 0 spiro atoms. The average molecular weight is 256 g/mol. The van der Waals surface area contributed by atoms with Crippen molar-refractivity contribution in [3.63, 3.8) is 0 Å². The van der Waals surface area contributed by atoms with Gasteiger partial charge >= 0.3 is 0 Å². The minimum Gasteiger partial charge on any atom is -0.311 e. The third kappa shape index (κ3) is 2.56. The molecule has 0 saturated carbocycles. The molecule has 0 aromatic heterocycles. The van der Waals surface area contributed by atoms with Crippen LogP contribution in [0.4, 0.5) is 5.69 Å². The second-order valence-corrected chi connectivity index (χ2v) is 5.28. The van der Waals surface area contributed by atoms with Gasteiger partial charge < -0.3 is 10.2 Å². The zero-order chi connectivity index (χ0) is 13.1. The summed E-state index contributed by atoms with van der Waals surface area (Å²) in [5.74, 6) is 0.455. The molecule has 3 rings (SSSR count). The molecule has 1 amide bonds. The maximum absolute atomic E-state index is 12.7. The number of para-hydroxylation sites is 1. The van der Waals surface area contributed by atoms with E-state index in [1.807, 2.05) is 17.0 Å². The number of benzene rings is 1. The number of nitrogens with zero attached hydrogens (tertiary/aromatic N) is 1. The highest BCUT2D eigenvalue weighted by atomic mass is 16.2. The van der Waals surface area contributed by atoms with Crippen LogP contribution in [0, 0.1) is 5.92 Å². The van der Waals surface area contributed by atoms with E-state index in [4.69, 9.17) is 0 Å². The van der Waals surface area contributed by atoms with Crippen LogP contribution < -0.4 is 10.2 Å². The molecule has 1 aliphatic carbocycles. The largest absolute Gasteiger partial charge is 0.311 e. The Morgan fingerprint density at radius 3 is 3.00 bits per heavy atom. The monoisotopic (exact) mass is 256 g/mol. The van der Waals surface area contributed by atoms with Gasteiger partial charge in [0.2, 0.25) is 5.91 Å². The minimum atomic E-state index is 0.163. The van der Waals surface area contributed by atoms with E-state index in [-0.39, 0.29) is 5.92 Å². The third-order valence-electron chi connectivity index (χ3n) is 3.99. The smallest absolute Gasteiger partial charge is 0.230 e. The molecule has 0 fully saturated rings. The molecule has 1 atom stereocenters. The molecule has 1 N–H and O–H groups in total. The second-order valence-electron chi connectivity index (χ2n) is 5.28. The van der Waals surface area contributed by atoms with Crippen LogP contribution in [-0.2, 0) is 11.3 Å². The molecule has 19 heavy (non-hydrogen) atoms. The van der Waals surface area contributed by atoms with Crippen molar-refractivity contribution >= 4 is 11.6 Å². The van der Waals surface area contributed by atoms with Gasteiger partial charge in [-0.3, -0.25) is 4.79 Å². The Morgan fingerprint density at radius 2 is 2.16 bits per heavy atom. The highest BCUT2D eigenvalue weighted by Crippen LogP contribution is 2.27. The second kappa shape index (κ2) is 5.57. The summed E-state index contributed by atoms with van der Waals surface area (Å²) in [5, 5.41) is 3.38. The lowest BCUT2D eigenvalue weighted by molar-refractivity contribution is -0.122. The van der Waals surface area contributed by atoms with E-state index in [1.165, 1.54) is 5.56 Å². The van der Waals surface area contributed by atoms with Crippen LogP contribution in [0.25, 0.3) is 0 Å². The standard InChI is InChI=1S/C16H20N2O/c19-16(13-6-2-1-3-7-13)18-11-10-17-12-14-8-4-5-9-15(14)18/h1-2,4-5,8-9,13,17H,3,6-7,10-12H2. The first-order chi connectivity index (χ1) is 9.36. The van der Waals surface area contributed by atoms with Crippen molar-refractivity contribution in [1.82, 2.24) is 5.32 Å². The summed E-state index contributed by atoms with van der Waals surface area (Å²) in [5.41, 5.74) is 2.31. The fraction of sp³-hybridized carbons (Fsp3) is 0.438. The fourth-order valence-corrected chi connectivity index (χ4v) is 2.93. The Bertz CT molecular complexity index is 495. The van der Waals surface area contributed by atoms with Gasteiger partial charge in [0, 0.05) is 31.2 Å². The van der Waals surface area contributed by atoms with E-state index in [2.05, 4.69) is 29.6 Å². The molecule has 1 aliphatic heterocycles. The SMILES string of the molecule is O=C(C1CC=CCC1)N1CCNCc2ccccc21. The topological polar surface area (TPSA) is 32.3 Å². The van der Waals surface area contributed by atoms with Crippen LogP contribution in [0.3, 0.4) is 0 Å². The predicted octanol–water partition coefficient (Wildman–Crippen LogP) is 2.48. The zero-order valence-electron chi connectivity index (χ0n) is 11.1. The molecule has 3 heteroatoms. The van der Waals surface area contributed by atoms with Crippen molar-refractivity contribution < 1.29 is 4.79 Å². The minimum absolute atomic E-state index is 0.163. The van der Waals surface area contributed by atoms with Gasteiger partial charge in [-0.25, -0.2) is 0 Å². The highest BCUT2D eigenvalue weighted by molar-refractivity contribution is 5.96. The van der Waals surface area contributed by atoms with E-state index < -0.39 is 0 Å². The molecule has 2 aliphatic rings. The molecule has 100 valence electrons. The first-order valence-corrected chi connectivity index (χ1v) is 7.11. The fourth-order valence-electron chi connectivity index (χ4n) is 2.93. The summed E-state index contributed by atoms with van der Waals surface area (Å²) in [6.07, 6.45) is 7.24. The summed E-state index contributed by atoms with van der Waals surface area (Å²) in [7, 11) is 0.